The number of nitrogens with zero attached hydrogens (tertiary/aromatic N) is 2. The van der Waals surface area contributed by atoms with E-state index in [4.69, 9.17) is 15.2 Å². The van der Waals surface area contributed by atoms with Crippen molar-refractivity contribution in [2.45, 2.75) is 32.1 Å². The maximum atomic E-state index is 6.08. The van der Waals surface area contributed by atoms with Crippen LogP contribution in [0.15, 0.2) is 30.5 Å². The molecule has 0 saturated carbocycles. The number of likely N-dealkylation sites (tertiary alicyclic amines) is 1. The van der Waals surface area contributed by atoms with Crippen LogP contribution in [0.25, 0.3) is 0 Å². The van der Waals surface area contributed by atoms with Crippen molar-refractivity contribution in [3.63, 3.8) is 0 Å². The second-order valence-electron chi connectivity index (χ2n) is 5.76. The topological polar surface area (TPSA) is 60.6 Å². The number of thiazole rings is 1. The number of ether oxygens (including phenoxy) is 2. The van der Waals surface area contributed by atoms with Crippen molar-refractivity contribution in [3.05, 3.63) is 40.9 Å². The van der Waals surface area contributed by atoms with E-state index in [9.17, 15) is 0 Å². The number of aromatic nitrogens is 1. The Hall–Kier alpha value is -1.63. The van der Waals surface area contributed by atoms with Gasteiger partial charge in [0, 0.05) is 36.3 Å². The Balaban J connectivity index is 1.44. The van der Waals surface area contributed by atoms with Gasteiger partial charge in [0.2, 0.25) is 0 Å². The molecule has 1 aliphatic heterocycles. The monoisotopic (exact) mass is 333 g/mol. The molecule has 0 bridgehead atoms. The van der Waals surface area contributed by atoms with Gasteiger partial charge in [-0.1, -0.05) is 18.2 Å². The summed E-state index contributed by atoms with van der Waals surface area (Å²) in [4.78, 5) is 7.78. The molecule has 5 nitrogen and oxygen atoms in total. The second kappa shape index (κ2) is 7.77. The summed E-state index contributed by atoms with van der Waals surface area (Å²) in [6, 6.07) is 8.03. The van der Waals surface area contributed by atoms with E-state index in [0.29, 0.717) is 17.8 Å². The van der Waals surface area contributed by atoms with Gasteiger partial charge in [-0.2, -0.15) is 0 Å². The normalized spacial score (nSPS) is 16.6. The third-order valence-electron chi connectivity index (χ3n) is 4.15. The predicted molar refractivity (Wildman–Crippen MR) is 92.6 cm³/mol. The lowest BCUT2D eigenvalue weighted by Gasteiger charge is -2.31. The van der Waals surface area contributed by atoms with Gasteiger partial charge in [-0.05, 0) is 18.9 Å². The molecule has 2 aromatic rings. The van der Waals surface area contributed by atoms with Gasteiger partial charge in [-0.25, -0.2) is 4.98 Å². The van der Waals surface area contributed by atoms with Crippen LogP contribution in [0.1, 0.15) is 23.3 Å². The van der Waals surface area contributed by atoms with Crippen LogP contribution in [0.3, 0.4) is 0 Å². The van der Waals surface area contributed by atoms with Crippen molar-refractivity contribution in [1.82, 2.24) is 9.88 Å². The van der Waals surface area contributed by atoms with Crippen molar-refractivity contribution in [1.29, 1.82) is 0 Å². The standard InChI is InChI=1S/C17H23N3O2S/c1-21-16-5-3-2-4-13(16)12-22-14-6-8-20(9-7-14)11-15-10-19-17(18)23-15/h2-5,10,14H,6-9,11-12H2,1H3,(H2,18,19). The van der Waals surface area contributed by atoms with E-state index in [1.807, 2.05) is 24.4 Å². The van der Waals surface area contributed by atoms with Crippen molar-refractivity contribution in [3.8, 4) is 5.75 Å². The number of nitrogens with two attached hydrogens (primary N) is 1. The van der Waals surface area contributed by atoms with Crippen LogP contribution in [-0.2, 0) is 17.9 Å². The number of piperidine rings is 1. The maximum Gasteiger partial charge on any atom is 0.180 e. The van der Waals surface area contributed by atoms with Crippen molar-refractivity contribution in [2.24, 2.45) is 0 Å². The van der Waals surface area contributed by atoms with Gasteiger partial charge in [0.15, 0.2) is 5.13 Å². The number of rotatable bonds is 6. The van der Waals surface area contributed by atoms with E-state index in [0.717, 1.165) is 43.8 Å². The number of hydrogen-bond acceptors (Lipinski definition) is 6. The summed E-state index contributed by atoms with van der Waals surface area (Å²) in [6.45, 7) is 3.65. The Labute approximate surface area is 141 Å². The molecule has 2 N–H and O–H groups in total. The first kappa shape index (κ1) is 16.2. The number of benzene rings is 1. The van der Waals surface area contributed by atoms with E-state index in [1.165, 1.54) is 4.88 Å². The fourth-order valence-electron chi connectivity index (χ4n) is 2.88. The molecule has 6 heteroatoms. The summed E-state index contributed by atoms with van der Waals surface area (Å²) in [6.07, 6.45) is 4.32. The van der Waals surface area contributed by atoms with Crippen molar-refractivity contribution < 1.29 is 9.47 Å². The highest BCUT2D eigenvalue weighted by Crippen LogP contribution is 2.23. The van der Waals surface area contributed by atoms with Crippen LogP contribution in [0.4, 0.5) is 5.13 Å². The summed E-state index contributed by atoms with van der Waals surface area (Å²) in [5.41, 5.74) is 6.79. The number of para-hydroxylation sites is 1. The van der Waals surface area contributed by atoms with E-state index < -0.39 is 0 Å². The van der Waals surface area contributed by atoms with E-state index in [1.54, 1.807) is 18.4 Å². The first-order valence-corrected chi connectivity index (χ1v) is 8.72. The van der Waals surface area contributed by atoms with Gasteiger partial charge in [-0.15, -0.1) is 11.3 Å². The van der Waals surface area contributed by atoms with E-state index in [2.05, 4.69) is 16.0 Å². The third kappa shape index (κ3) is 4.43. The fraction of sp³-hybridized carbons (Fsp3) is 0.471. The molecule has 1 aliphatic rings. The minimum atomic E-state index is 0.322. The number of hydrogen-bond donors (Lipinski definition) is 1. The quantitative estimate of drug-likeness (QED) is 0.881. The Morgan fingerprint density at radius 2 is 2.09 bits per heavy atom. The van der Waals surface area contributed by atoms with E-state index in [-0.39, 0.29) is 0 Å². The number of methoxy groups -OCH3 is 1. The average molecular weight is 333 g/mol. The lowest BCUT2D eigenvalue weighted by molar-refractivity contribution is -0.00439. The Kier molecular flexibility index (Phi) is 5.48. The first-order chi connectivity index (χ1) is 11.2. The first-order valence-electron chi connectivity index (χ1n) is 7.90. The lowest BCUT2D eigenvalue weighted by Crippen LogP contribution is -2.36. The minimum absolute atomic E-state index is 0.322. The largest absolute Gasteiger partial charge is 0.496 e. The third-order valence-corrected chi connectivity index (χ3v) is 4.96. The molecule has 23 heavy (non-hydrogen) atoms. The Morgan fingerprint density at radius 3 is 2.78 bits per heavy atom. The molecule has 0 radical (unpaired) electrons. The van der Waals surface area contributed by atoms with Gasteiger partial charge in [0.05, 0.1) is 19.8 Å². The highest BCUT2D eigenvalue weighted by molar-refractivity contribution is 7.15. The summed E-state index contributed by atoms with van der Waals surface area (Å²) < 4.78 is 11.4. The molecule has 0 amide bonds. The molecule has 1 saturated heterocycles. The average Bonchev–Trinajstić information content (AvgIpc) is 2.99. The van der Waals surface area contributed by atoms with Gasteiger partial charge in [-0.3, -0.25) is 4.90 Å². The molecule has 0 aliphatic carbocycles. The highest BCUT2D eigenvalue weighted by Gasteiger charge is 2.20. The van der Waals surface area contributed by atoms with Gasteiger partial charge >= 0.3 is 0 Å². The highest BCUT2D eigenvalue weighted by atomic mass is 32.1. The van der Waals surface area contributed by atoms with Crippen LogP contribution in [0.5, 0.6) is 5.75 Å². The molecule has 124 valence electrons. The van der Waals surface area contributed by atoms with Crippen molar-refractivity contribution >= 4 is 16.5 Å². The smallest absolute Gasteiger partial charge is 0.180 e. The maximum absolute atomic E-state index is 6.08. The molecule has 1 fully saturated rings. The molecular weight excluding hydrogens is 310 g/mol. The summed E-state index contributed by atoms with van der Waals surface area (Å²) in [7, 11) is 1.70. The molecular formula is C17H23N3O2S. The van der Waals surface area contributed by atoms with Crippen LogP contribution in [0.2, 0.25) is 0 Å². The molecule has 1 aromatic heterocycles. The van der Waals surface area contributed by atoms with Crippen LogP contribution in [-0.4, -0.2) is 36.2 Å². The van der Waals surface area contributed by atoms with Crippen LogP contribution >= 0.6 is 11.3 Å². The molecule has 1 aromatic carbocycles. The summed E-state index contributed by atoms with van der Waals surface area (Å²) in [5.74, 6) is 0.896. The van der Waals surface area contributed by atoms with Crippen molar-refractivity contribution in [2.75, 3.05) is 25.9 Å². The summed E-state index contributed by atoms with van der Waals surface area (Å²) >= 11 is 1.57. The van der Waals surface area contributed by atoms with Gasteiger partial charge in [0.1, 0.15) is 5.75 Å². The zero-order chi connectivity index (χ0) is 16.1. The SMILES string of the molecule is COc1ccccc1COC1CCN(Cc2cnc(N)s2)CC1. The lowest BCUT2D eigenvalue weighted by atomic mass is 10.1. The molecule has 0 unspecified atom stereocenters. The zero-order valence-electron chi connectivity index (χ0n) is 13.4. The molecule has 0 spiro atoms. The zero-order valence-corrected chi connectivity index (χ0v) is 14.2. The number of anilines is 1. The van der Waals surface area contributed by atoms with Gasteiger partial charge < -0.3 is 15.2 Å². The second-order valence-corrected chi connectivity index (χ2v) is 6.91. The number of nitrogen functional groups attached to an aromatic ring is 1. The minimum Gasteiger partial charge on any atom is -0.496 e. The Morgan fingerprint density at radius 1 is 1.30 bits per heavy atom. The van der Waals surface area contributed by atoms with E-state index >= 15 is 0 Å². The predicted octanol–water partition coefficient (Wildman–Crippen LogP) is 2.92. The van der Waals surface area contributed by atoms with Crippen LogP contribution in [0, 0.1) is 0 Å². The Bertz CT molecular complexity index is 624. The fourth-order valence-corrected chi connectivity index (χ4v) is 3.61. The molecule has 0 atom stereocenters. The van der Waals surface area contributed by atoms with Gasteiger partial charge in [0.25, 0.3) is 0 Å². The molecule has 2 heterocycles. The summed E-state index contributed by atoms with van der Waals surface area (Å²) in [5, 5.41) is 0.648. The van der Waals surface area contributed by atoms with Crippen LogP contribution < -0.4 is 10.5 Å². The molecule has 3 rings (SSSR count).